The van der Waals surface area contributed by atoms with E-state index >= 15 is 0 Å². The largest absolute Gasteiger partial charge is 0.399 e. The first-order valence-corrected chi connectivity index (χ1v) is 6.47. The van der Waals surface area contributed by atoms with Gasteiger partial charge in [-0.25, -0.2) is 8.42 Å². The van der Waals surface area contributed by atoms with Gasteiger partial charge in [0.15, 0.2) is 0 Å². The van der Waals surface area contributed by atoms with Gasteiger partial charge >= 0.3 is 0 Å². The van der Waals surface area contributed by atoms with Gasteiger partial charge < -0.3 is 5.73 Å². The third-order valence-electron chi connectivity index (χ3n) is 2.21. The van der Waals surface area contributed by atoms with E-state index in [9.17, 15) is 8.42 Å². The van der Waals surface area contributed by atoms with Crippen molar-refractivity contribution in [2.75, 3.05) is 18.8 Å². The monoisotopic (exact) mass is 264 g/mol. The van der Waals surface area contributed by atoms with E-state index in [0.717, 1.165) is 4.31 Å². The van der Waals surface area contributed by atoms with Gasteiger partial charge in [-0.05, 0) is 30.7 Å². The molecule has 0 fully saturated rings. The van der Waals surface area contributed by atoms with E-state index < -0.39 is 10.0 Å². The molecule has 1 rings (SSSR count). The zero-order valence-corrected chi connectivity index (χ0v) is 10.6. The number of aryl methyl sites for hydroxylation is 1. The second kappa shape index (κ2) is 5.50. The lowest BCUT2D eigenvalue weighted by atomic mass is 10.2. The summed E-state index contributed by atoms with van der Waals surface area (Å²) in [6.45, 7) is 0.974. The zero-order chi connectivity index (χ0) is 13.8. The van der Waals surface area contributed by atoms with Crippen molar-refractivity contribution < 1.29 is 8.42 Å². The van der Waals surface area contributed by atoms with Gasteiger partial charge in [0.1, 0.15) is 13.1 Å². The van der Waals surface area contributed by atoms with E-state index in [4.69, 9.17) is 16.3 Å². The van der Waals surface area contributed by atoms with Gasteiger partial charge in [-0.2, -0.15) is 14.8 Å². The van der Waals surface area contributed by atoms with Crippen LogP contribution in [-0.2, 0) is 10.0 Å². The van der Waals surface area contributed by atoms with Gasteiger partial charge in [-0.3, -0.25) is 0 Å². The van der Waals surface area contributed by atoms with E-state index in [1.165, 1.54) is 12.1 Å². The Hall–Kier alpha value is -2.09. The normalized spacial score (nSPS) is 10.9. The molecule has 0 radical (unpaired) electrons. The number of hydrogen-bond donors (Lipinski definition) is 1. The Kier molecular flexibility index (Phi) is 4.27. The molecular weight excluding hydrogens is 252 g/mol. The molecule has 0 aliphatic rings. The van der Waals surface area contributed by atoms with Crippen LogP contribution in [0.15, 0.2) is 23.1 Å². The molecule has 0 saturated heterocycles. The summed E-state index contributed by atoms with van der Waals surface area (Å²) in [5.74, 6) is 0. The van der Waals surface area contributed by atoms with Crippen LogP contribution in [0.2, 0.25) is 0 Å². The van der Waals surface area contributed by atoms with E-state index in [-0.39, 0.29) is 18.0 Å². The van der Waals surface area contributed by atoms with E-state index in [1.807, 2.05) is 0 Å². The van der Waals surface area contributed by atoms with Gasteiger partial charge in [0.25, 0.3) is 0 Å². The summed E-state index contributed by atoms with van der Waals surface area (Å²) in [7, 11) is -3.86. The quantitative estimate of drug-likeness (QED) is 0.632. The van der Waals surface area contributed by atoms with E-state index in [0.29, 0.717) is 11.3 Å². The number of nitrogen functional groups attached to an aromatic ring is 1. The molecule has 0 heterocycles. The van der Waals surface area contributed by atoms with Crippen molar-refractivity contribution in [3.63, 3.8) is 0 Å². The summed E-state index contributed by atoms with van der Waals surface area (Å²) in [4.78, 5) is -0.00880. The summed E-state index contributed by atoms with van der Waals surface area (Å²) in [5, 5.41) is 17.2. The Morgan fingerprint density at radius 2 is 1.78 bits per heavy atom. The minimum absolute atomic E-state index is 0.00880. The van der Waals surface area contributed by atoms with Crippen molar-refractivity contribution in [1.82, 2.24) is 4.31 Å². The highest BCUT2D eigenvalue weighted by Crippen LogP contribution is 2.20. The summed E-state index contributed by atoms with van der Waals surface area (Å²) >= 11 is 0. The molecule has 6 nitrogen and oxygen atoms in total. The summed E-state index contributed by atoms with van der Waals surface area (Å²) in [5.41, 5.74) is 6.61. The van der Waals surface area contributed by atoms with Crippen molar-refractivity contribution in [1.29, 1.82) is 10.5 Å². The zero-order valence-electron chi connectivity index (χ0n) is 9.79. The van der Waals surface area contributed by atoms with Gasteiger partial charge in [0, 0.05) is 5.69 Å². The van der Waals surface area contributed by atoms with Crippen LogP contribution in [0.1, 0.15) is 5.56 Å². The second-order valence-electron chi connectivity index (χ2n) is 3.67. The number of nitriles is 2. The molecule has 94 valence electrons. The van der Waals surface area contributed by atoms with Crippen molar-refractivity contribution in [3.8, 4) is 12.1 Å². The first-order chi connectivity index (χ1) is 8.41. The van der Waals surface area contributed by atoms with Gasteiger partial charge in [0.05, 0.1) is 17.0 Å². The van der Waals surface area contributed by atoms with Crippen molar-refractivity contribution in [2.45, 2.75) is 11.8 Å². The third kappa shape index (κ3) is 2.98. The molecule has 0 saturated carbocycles. The van der Waals surface area contributed by atoms with Crippen molar-refractivity contribution in [3.05, 3.63) is 23.8 Å². The van der Waals surface area contributed by atoms with Crippen LogP contribution < -0.4 is 5.73 Å². The molecule has 0 aromatic heterocycles. The van der Waals surface area contributed by atoms with Crippen molar-refractivity contribution >= 4 is 15.7 Å². The standard InChI is InChI=1S/C11H12N4O2S/c1-9-6-10(14)8-11(7-9)18(16,17)15(4-2-12)5-3-13/h6-8H,4-5,14H2,1H3. The lowest BCUT2D eigenvalue weighted by molar-refractivity contribution is 0.479. The fourth-order valence-electron chi connectivity index (χ4n) is 1.46. The van der Waals surface area contributed by atoms with Gasteiger partial charge in [0.2, 0.25) is 10.0 Å². The van der Waals surface area contributed by atoms with E-state index in [1.54, 1.807) is 25.1 Å². The fourth-order valence-corrected chi connectivity index (χ4v) is 2.83. The first-order valence-electron chi connectivity index (χ1n) is 5.03. The molecule has 0 bridgehead atoms. The lowest BCUT2D eigenvalue weighted by Gasteiger charge is -2.16. The number of rotatable bonds is 4. The maximum atomic E-state index is 12.2. The molecule has 0 aliphatic carbocycles. The number of nitrogens with zero attached hydrogens (tertiary/aromatic N) is 3. The van der Waals surface area contributed by atoms with E-state index in [2.05, 4.69) is 0 Å². The maximum absolute atomic E-state index is 12.2. The Morgan fingerprint density at radius 3 is 2.22 bits per heavy atom. The van der Waals surface area contributed by atoms with Gasteiger partial charge in [-0.1, -0.05) is 0 Å². The minimum atomic E-state index is -3.86. The molecule has 0 unspecified atom stereocenters. The number of nitrogens with two attached hydrogens (primary N) is 1. The van der Waals surface area contributed by atoms with Crippen LogP contribution >= 0.6 is 0 Å². The molecule has 18 heavy (non-hydrogen) atoms. The molecule has 0 aliphatic heterocycles. The lowest BCUT2D eigenvalue weighted by Crippen LogP contribution is -2.32. The highest BCUT2D eigenvalue weighted by Gasteiger charge is 2.24. The Balaban J connectivity index is 3.27. The number of benzene rings is 1. The summed E-state index contributed by atoms with van der Waals surface area (Å²) in [6.07, 6.45) is 0. The molecule has 0 atom stereocenters. The number of anilines is 1. The molecule has 1 aromatic rings. The smallest absolute Gasteiger partial charge is 0.245 e. The Labute approximate surface area is 106 Å². The number of hydrogen-bond acceptors (Lipinski definition) is 5. The first kappa shape index (κ1) is 14.0. The summed E-state index contributed by atoms with van der Waals surface area (Å²) < 4.78 is 25.2. The average molecular weight is 264 g/mol. The van der Waals surface area contributed by atoms with Crippen LogP contribution in [0, 0.1) is 29.6 Å². The van der Waals surface area contributed by atoms with Crippen LogP contribution in [0.25, 0.3) is 0 Å². The van der Waals surface area contributed by atoms with Crippen LogP contribution in [0.5, 0.6) is 0 Å². The predicted octanol–water partition coefficient (Wildman–Crippen LogP) is 0.615. The molecule has 7 heteroatoms. The minimum Gasteiger partial charge on any atom is -0.399 e. The Morgan fingerprint density at radius 1 is 1.22 bits per heavy atom. The maximum Gasteiger partial charge on any atom is 0.245 e. The fraction of sp³-hybridized carbons (Fsp3) is 0.273. The highest BCUT2D eigenvalue weighted by atomic mass is 32.2. The molecule has 0 spiro atoms. The second-order valence-corrected chi connectivity index (χ2v) is 5.61. The van der Waals surface area contributed by atoms with Gasteiger partial charge in [-0.15, -0.1) is 0 Å². The van der Waals surface area contributed by atoms with Crippen LogP contribution in [0.3, 0.4) is 0 Å². The van der Waals surface area contributed by atoms with Crippen LogP contribution in [0.4, 0.5) is 5.69 Å². The molecule has 0 amide bonds. The molecular formula is C11H12N4O2S. The van der Waals surface area contributed by atoms with Crippen LogP contribution in [-0.4, -0.2) is 25.8 Å². The SMILES string of the molecule is Cc1cc(N)cc(S(=O)(=O)N(CC#N)CC#N)c1. The Bertz CT molecular complexity index is 589. The third-order valence-corrected chi connectivity index (χ3v) is 3.97. The predicted molar refractivity (Wildman–Crippen MR) is 65.6 cm³/mol. The average Bonchev–Trinajstić information content (AvgIpc) is 2.27. The highest BCUT2D eigenvalue weighted by molar-refractivity contribution is 7.89. The molecule has 1 aromatic carbocycles. The summed E-state index contributed by atoms with van der Waals surface area (Å²) in [6, 6.07) is 7.84. The number of sulfonamides is 1. The molecule has 2 N–H and O–H groups in total. The van der Waals surface area contributed by atoms with Crippen molar-refractivity contribution in [2.24, 2.45) is 0 Å². The topological polar surface area (TPSA) is 111 Å².